The summed E-state index contributed by atoms with van der Waals surface area (Å²) >= 11 is 0. The van der Waals surface area contributed by atoms with Gasteiger partial charge in [-0.05, 0) is 58.6 Å². The SMILES string of the molecule is C=C(/C=C\C)OCC(=C\C=C/C(=C)C(C)N=CC)/C(/C=C\C)=N/C=C\C. The molecule has 0 aliphatic carbocycles. The van der Waals surface area contributed by atoms with Crippen LogP contribution in [0.15, 0.2) is 94.9 Å². The van der Waals surface area contributed by atoms with Crippen molar-refractivity contribution in [1.82, 2.24) is 0 Å². The second-order valence-electron chi connectivity index (χ2n) is 5.46. The minimum absolute atomic E-state index is 0.0607. The molecule has 0 aliphatic heterocycles. The Balaban J connectivity index is 5.53. The summed E-state index contributed by atoms with van der Waals surface area (Å²) in [4.78, 5) is 8.81. The van der Waals surface area contributed by atoms with Crippen molar-refractivity contribution < 1.29 is 4.74 Å². The van der Waals surface area contributed by atoms with Gasteiger partial charge in [-0.3, -0.25) is 9.98 Å². The zero-order valence-electron chi connectivity index (χ0n) is 16.8. The molecule has 3 heteroatoms. The molecule has 0 radical (unpaired) electrons. The quantitative estimate of drug-likeness (QED) is 0.249. The Hall–Kier alpha value is -2.68. The van der Waals surface area contributed by atoms with Crippen molar-refractivity contribution in [3.8, 4) is 0 Å². The molecule has 0 amide bonds. The van der Waals surface area contributed by atoms with E-state index in [0.29, 0.717) is 12.4 Å². The van der Waals surface area contributed by atoms with E-state index in [9.17, 15) is 0 Å². The standard InChI is InChI=1S/C23H32N2O/c1-8-13-20(6)26-18-22(23(14-9-2)25-17-10-3)16-12-15-19(5)21(7)24-11-4/h8-17,21H,5-6,18H2,1-4,7H3/b13-8-,14-9-,15-12-,17-10-,22-16+,24-11?,25-23+. The van der Waals surface area contributed by atoms with Crippen LogP contribution in [0.2, 0.25) is 0 Å². The molecule has 0 aromatic carbocycles. The summed E-state index contributed by atoms with van der Waals surface area (Å²) in [7, 11) is 0. The van der Waals surface area contributed by atoms with E-state index in [2.05, 4.69) is 23.1 Å². The first-order chi connectivity index (χ1) is 12.5. The highest BCUT2D eigenvalue weighted by atomic mass is 16.5. The average Bonchev–Trinajstić information content (AvgIpc) is 2.62. The predicted molar refractivity (Wildman–Crippen MR) is 117 cm³/mol. The molecule has 0 N–H and O–H groups in total. The number of ether oxygens (including phenoxy) is 1. The summed E-state index contributed by atoms with van der Waals surface area (Å²) in [6, 6.07) is 0.0607. The van der Waals surface area contributed by atoms with Crippen LogP contribution in [0.1, 0.15) is 34.6 Å². The lowest BCUT2D eigenvalue weighted by atomic mass is 10.1. The van der Waals surface area contributed by atoms with Crippen LogP contribution in [0.3, 0.4) is 0 Å². The van der Waals surface area contributed by atoms with Gasteiger partial charge in [0, 0.05) is 11.8 Å². The van der Waals surface area contributed by atoms with Crippen LogP contribution in [0.4, 0.5) is 0 Å². The molecule has 0 aliphatic rings. The summed E-state index contributed by atoms with van der Waals surface area (Å²) in [5.41, 5.74) is 2.73. The van der Waals surface area contributed by atoms with E-state index in [4.69, 9.17) is 4.74 Å². The number of aliphatic imine (C=N–C) groups is 2. The van der Waals surface area contributed by atoms with Gasteiger partial charge >= 0.3 is 0 Å². The lowest BCUT2D eigenvalue weighted by Crippen LogP contribution is -2.07. The van der Waals surface area contributed by atoms with Gasteiger partial charge in [-0.25, -0.2) is 0 Å². The Bertz CT molecular complexity index is 656. The van der Waals surface area contributed by atoms with Crippen molar-refractivity contribution in [2.24, 2.45) is 9.98 Å². The molecule has 0 bridgehead atoms. The molecule has 1 atom stereocenters. The Morgan fingerprint density at radius 1 is 1.00 bits per heavy atom. The maximum atomic E-state index is 5.73. The fourth-order valence-electron chi connectivity index (χ4n) is 1.90. The van der Waals surface area contributed by atoms with Crippen molar-refractivity contribution in [2.45, 2.75) is 40.7 Å². The van der Waals surface area contributed by atoms with Crippen LogP contribution >= 0.6 is 0 Å². The number of hydrogen-bond donors (Lipinski definition) is 0. The normalized spacial score (nSPS) is 15.1. The summed E-state index contributed by atoms with van der Waals surface area (Å²) < 4.78 is 5.73. The zero-order chi connectivity index (χ0) is 19.8. The maximum Gasteiger partial charge on any atom is 0.115 e. The fourth-order valence-corrected chi connectivity index (χ4v) is 1.90. The largest absolute Gasteiger partial charge is 0.489 e. The minimum atomic E-state index is 0.0607. The van der Waals surface area contributed by atoms with E-state index >= 15 is 0 Å². The van der Waals surface area contributed by atoms with Crippen LogP contribution in [-0.4, -0.2) is 24.6 Å². The number of nitrogens with zero attached hydrogens (tertiary/aromatic N) is 2. The number of allylic oxidation sites excluding steroid dienone is 7. The van der Waals surface area contributed by atoms with Crippen molar-refractivity contribution >= 4 is 11.9 Å². The van der Waals surface area contributed by atoms with Crippen LogP contribution in [-0.2, 0) is 4.74 Å². The van der Waals surface area contributed by atoms with E-state index in [0.717, 1.165) is 16.9 Å². The van der Waals surface area contributed by atoms with Gasteiger partial charge in [0.15, 0.2) is 0 Å². The number of rotatable bonds is 11. The van der Waals surface area contributed by atoms with Crippen molar-refractivity contribution in [2.75, 3.05) is 6.61 Å². The summed E-state index contributed by atoms with van der Waals surface area (Å²) in [6.07, 6.45) is 19.0. The van der Waals surface area contributed by atoms with Gasteiger partial charge in [-0.1, -0.05) is 49.6 Å². The molecule has 0 rings (SSSR count). The topological polar surface area (TPSA) is 34.0 Å². The molecule has 140 valence electrons. The number of hydrogen-bond acceptors (Lipinski definition) is 3. The second kappa shape index (κ2) is 14.6. The molecule has 26 heavy (non-hydrogen) atoms. The summed E-state index contributed by atoms with van der Waals surface area (Å²) in [5.74, 6) is 0.614. The summed E-state index contributed by atoms with van der Waals surface area (Å²) in [6.45, 7) is 18.1. The average molecular weight is 353 g/mol. The van der Waals surface area contributed by atoms with Crippen LogP contribution in [0, 0.1) is 0 Å². The smallest absolute Gasteiger partial charge is 0.115 e. The molecular weight excluding hydrogens is 320 g/mol. The Morgan fingerprint density at radius 3 is 2.27 bits per heavy atom. The monoisotopic (exact) mass is 352 g/mol. The van der Waals surface area contributed by atoms with Gasteiger partial charge in [0.1, 0.15) is 12.4 Å². The van der Waals surface area contributed by atoms with Gasteiger partial charge in [0.2, 0.25) is 0 Å². The molecule has 0 aromatic heterocycles. The van der Waals surface area contributed by atoms with E-state index in [1.807, 2.05) is 83.2 Å². The van der Waals surface area contributed by atoms with Gasteiger partial charge in [-0.2, -0.15) is 0 Å². The molecule has 3 nitrogen and oxygen atoms in total. The lowest BCUT2D eigenvalue weighted by molar-refractivity contribution is 0.259. The third-order valence-corrected chi connectivity index (χ3v) is 3.30. The lowest BCUT2D eigenvalue weighted by Gasteiger charge is -2.10. The zero-order valence-corrected chi connectivity index (χ0v) is 16.8. The van der Waals surface area contributed by atoms with E-state index < -0.39 is 0 Å². The second-order valence-corrected chi connectivity index (χ2v) is 5.46. The van der Waals surface area contributed by atoms with Crippen LogP contribution in [0.5, 0.6) is 0 Å². The van der Waals surface area contributed by atoms with Gasteiger partial charge < -0.3 is 4.74 Å². The molecule has 0 spiro atoms. The molecular formula is C23H32N2O. The maximum absolute atomic E-state index is 5.73. The van der Waals surface area contributed by atoms with Crippen molar-refractivity contribution in [3.63, 3.8) is 0 Å². The Morgan fingerprint density at radius 2 is 1.69 bits per heavy atom. The van der Waals surface area contributed by atoms with Crippen molar-refractivity contribution in [1.29, 1.82) is 0 Å². The molecule has 0 aromatic rings. The predicted octanol–water partition coefficient (Wildman–Crippen LogP) is 6.16. The summed E-state index contributed by atoms with van der Waals surface area (Å²) in [5, 5.41) is 0. The first kappa shape index (κ1) is 23.3. The molecule has 0 heterocycles. The van der Waals surface area contributed by atoms with Gasteiger partial charge in [0.25, 0.3) is 0 Å². The van der Waals surface area contributed by atoms with Crippen molar-refractivity contribution in [3.05, 3.63) is 84.9 Å². The highest BCUT2D eigenvalue weighted by Gasteiger charge is 2.05. The highest BCUT2D eigenvalue weighted by molar-refractivity contribution is 6.09. The van der Waals surface area contributed by atoms with Crippen LogP contribution < -0.4 is 0 Å². The minimum Gasteiger partial charge on any atom is -0.489 e. The molecule has 0 saturated heterocycles. The fraction of sp³-hybridized carbons (Fsp3) is 0.304. The van der Waals surface area contributed by atoms with E-state index in [1.54, 1.807) is 12.4 Å². The van der Waals surface area contributed by atoms with Gasteiger partial charge in [0.05, 0.1) is 11.8 Å². The third-order valence-electron chi connectivity index (χ3n) is 3.30. The molecule has 0 fully saturated rings. The highest BCUT2D eigenvalue weighted by Crippen LogP contribution is 2.09. The first-order valence-electron chi connectivity index (χ1n) is 8.80. The molecule has 1 unspecified atom stereocenters. The Kier molecular flexibility index (Phi) is 13.1. The first-order valence-corrected chi connectivity index (χ1v) is 8.80. The van der Waals surface area contributed by atoms with Crippen LogP contribution in [0.25, 0.3) is 0 Å². The van der Waals surface area contributed by atoms with E-state index in [-0.39, 0.29) is 6.04 Å². The van der Waals surface area contributed by atoms with Gasteiger partial charge in [-0.15, -0.1) is 0 Å². The molecule has 0 saturated carbocycles. The van der Waals surface area contributed by atoms with E-state index in [1.165, 1.54) is 0 Å². The Labute approximate surface area is 159 Å². The third kappa shape index (κ3) is 10.2.